The van der Waals surface area contributed by atoms with E-state index < -0.39 is 64.7 Å². The van der Waals surface area contributed by atoms with Crippen molar-refractivity contribution in [3.05, 3.63) is 177 Å². The van der Waals surface area contributed by atoms with Gasteiger partial charge in [-0.25, -0.2) is 4.79 Å². The van der Waals surface area contributed by atoms with E-state index in [1.165, 1.54) is 73.9 Å². The molecule has 14 nitrogen and oxygen atoms in total. The van der Waals surface area contributed by atoms with E-state index in [9.17, 15) is 70.7 Å². The third-order valence-corrected chi connectivity index (χ3v) is 16.5. The summed E-state index contributed by atoms with van der Waals surface area (Å²) in [5, 5.41) is 22.4. The molecule has 0 bridgehead atoms. The maximum absolute atomic E-state index is 13.0. The first-order chi connectivity index (χ1) is 48.1. The molecule has 0 aliphatic carbocycles. The highest BCUT2D eigenvalue weighted by Crippen LogP contribution is 2.40. The summed E-state index contributed by atoms with van der Waals surface area (Å²) in [5.41, 5.74) is 1.22. The van der Waals surface area contributed by atoms with Crippen molar-refractivity contribution < 1.29 is 75.4 Å². The summed E-state index contributed by atoms with van der Waals surface area (Å²) in [4.78, 5) is 20.7. The molecule has 2 amide bonds. The molecule has 3 aliphatic rings. The lowest BCUT2D eigenvalue weighted by molar-refractivity contribution is -0.137. The van der Waals surface area contributed by atoms with Gasteiger partial charge in [0.05, 0.1) is 41.0 Å². The fourth-order valence-corrected chi connectivity index (χ4v) is 10.9. The fourth-order valence-electron chi connectivity index (χ4n) is 10.9. The molecule has 3 fully saturated rings. The molecule has 6 aromatic rings. The number of urea groups is 1. The van der Waals surface area contributed by atoms with Crippen molar-refractivity contribution >= 4 is 40.2 Å². The summed E-state index contributed by atoms with van der Waals surface area (Å²) >= 11 is 0. The summed E-state index contributed by atoms with van der Waals surface area (Å²) in [6, 6.07) is 30.1. The van der Waals surface area contributed by atoms with E-state index in [0.717, 1.165) is 84.5 Å². The first kappa shape index (κ1) is 85.0. The number of hydrogen-bond acceptors (Lipinski definition) is 12. The molecule has 0 aromatic heterocycles. The van der Waals surface area contributed by atoms with E-state index in [1.807, 2.05) is 13.1 Å². The van der Waals surface area contributed by atoms with Crippen LogP contribution in [0.2, 0.25) is 0 Å². The van der Waals surface area contributed by atoms with E-state index in [2.05, 4.69) is 69.2 Å². The summed E-state index contributed by atoms with van der Waals surface area (Å²) in [5.74, 6) is 0. The Balaban J connectivity index is 0.000000230. The lowest BCUT2D eigenvalue weighted by Crippen LogP contribution is -2.45. The van der Waals surface area contributed by atoms with Gasteiger partial charge < -0.3 is 57.1 Å². The number of likely N-dealkylation sites (tertiary alicyclic amines) is 1. The molecule has 3 saturated heterocycles. The van der Waals surface area contributed by atoms with Gasteiger partial charge in [-0.3, -0.25) is 9.80 Å². The van der Waals surface area contributed by atoms with Crippen LogP contribution in [-0.2, 0) is 35.6 Å². The predicted molar refractivity (Wildman–Crippen MR) is 377 cm³/mol. The Kier molecular flexibility index (Phi) is 34.6. The van der Waals surface area contributed by atoms with E-state index in [-0.39, 0.29) is 41.5 Å². The van der Waals surface area contributed by atoms with Crippen molar-refractivity contribution in [3.8, 4) is 0 Å². The van der Waals surface area contributed by atoms with Gasteiger partial charge in [0.1, 0.15) is 0 Å². The van der Waals surface area contributed by atoms with Crippen molar-refractivity contribution in [3.63, 3.8) is 0 Å². The van der Waals surface area contributed by atoms with Crippen LogP contribution in [-0.4, -0.2) is 171 Å². The summed E-state index contributed by atoms with van der Waals surface area (Å²) in [6.45, 7) is 22.9. The molecular formula is C73H97F15N12O2. The van der Waals surface area contributed by atoms with Gasteiger partial charge in [0.25, 0.3) is 0 Å². The maximum Gasteiger partial charge on any atom is 0.418 e. The largest absolute Gasteiger partial charge is 0.418 e. The number of ether oxygens (including phenoxy) is 1. The van der Waals surface area contributed by atoms with Crippen molar-refractivity contribution in [1.82, 2.24) is 30.2 Å². The Labute approximate surface area is 588 Å². The van der Waals surface area contributed by atoms with E-state index in [4.69, 9.17) is 4.74 Å². The quantitative estimate of drug-likeness (QED) is 0.0243. The molecule has 0 unspecified atom stereocenters. The number of nitrogens with zero attached hydrogens (tertiary/aromatic N) is 4. The Hall–Kier alpha value is -7.70. The molecule has 8 N–H and O–H groups in total. The third-order valence-electron chi connectivity index (χ3n) is 16.5. The van der Waals surface area contributed by atoms with Crippen molar-refractivity contribution in [2.45, 2.75) is 91.2 Å². The zero-order valence-electron chi connectivity index (χ0n) is 58.8. The zero-order chi connectivity index (χ0) is 75.1. The molecule has 3 aliphatic heterocycles. The number of carbonyl (C=O) groups is 1. The third kappa shape index (κ3) is 31.5. The van der Waals surface area contributed by atoms with Crippen LogP contribution in [0.15, 0.2) is 121 Å². The average Bonchev–Trinajstić information content (AvgIpc) is 0.852. The fraction of sp³-hybridized carbons (Fsp3) is 0.493. The predicted octanol–water partition coefficient (Wildman–Crippen LogP) is 16.6. The number of anilines is 6. The summed E-state index contributed by atoms with van der Waals surface area (Å²) in [6.07, 6.45) is -17.3. The van der Waals surface area contributed by atoms with Gasteiger partial charge in [0.15, 0.2) is 0 Å². The Morgan fingerprint density at radius 1 is 0.382 bits per heavy atom. The normalized spacial score (nSPS) is 15.0. The van der Waals surface area contributed by atoms with Crippen LogP contribution < -0.4 is 42.5 Å². The Bertz CT molecular complexity index is 3340. The molecule has 566 valence electrons. The number of aryl methyl sites for hydroxylation is 5. The lowest BCUT2D eigenvalue weighted by atomic mass is 10.1. The van der Waals surface area contributed by atoms with Crippen LogP contribution in [0.3, 0.4) is 0 Å². The van der Waals surface area contributed by atoms with E-state index in [1.54, 1.807) is 89.2 Å². The minimum Gasteiger partial charge on any atom is -0.385 e. The van der Waals surface area contributed by atoms with Crippen molar-refractivity contribution in [2.24, 2.45) is 0 Å². The molecule has 0 spiro atoms. The molecule has 0 atom stereocenters. The Morgan fingerprint density at radius 3 is 1.05 bits per heavy atom. The number of benzene rings is 6. The smallest absolute Gasteiger partial charge is 0.385 e. The second-order valence-corrected chi connectivity index (χ2v) is 25.1. The number of likely N-dealkylation sites (N-methyl/N-ethyl adjacent to an activating group) is 1. The summed E-state index contributed by atoms with van der Waals surface area (Å²) in [7, 11) is 3.89. The Morgan fingerprint density at radius 2 is 0.706 bits per heavy atom. The number of hydrogen-bond donors (Lipinski definition) is 8. The molecule has 6 aromatic carbocycles. The number of piperidine rings is 1. The number of morpholine rings is 1. The van der Waals surface area contributed by atoms with Crippen LogP contribution in [0.25, 0.3) is 0 Å². The number of carbonyl (C=O) groups excluding carboxylic acids is 1. The molecule has 102 heavy (non-hydrogen) atoms. The molecule has 3 heterocycles. The summed E-state index contributed by atoms with van der Waals surface area (Å²) < 4.78 is 199. The number of alkyl halides is 15. The maximum atomic E-state index is 13.0. The van der Waals surface area contributed by atoms with Crippen molar-refractivity contribution in [1.29, 1.82) is 0 Å². The second kappa shape index (κ2) is 41.6. The van der Waals surface area contributed by atoms with Gasteiger partial charge in [-0.2, -0.15) is 65.9 Å². The van der Waals surface area contributed by atoms with Crippen molar-refractivity contribution in [2.75, 3.05) is 177 Å². The number of amides is 2. The van der Waals surface area contributed by atoms with Gasteiger partial charge >= 0.3 is 36.9 Å². The van der Waals surface area contributed by atoms with Crippen LogP contribution in [0, 0.1) is 34.6 Å². The van der Waals surface area contributed by atoms with E-state index in [0.29, 0.717) is 79.4 Å². The molecular weight excluding hydrogens is 1360 g/mol. The van der Waals surface area contributed by atoms with E-state index >= 15 is 0 Å². The number of para-hydroxylation sites is 1. The van der Waals surface area contributed by atoms with Gasteiger partial charge in [0, 0.05) is 132 Å². The first-order valence-corrected chi connectivity index (χ1v) is 33.9. The first-order valence-electron chi connectivity index (χ1n) is 33.9. The number of piperazine rings is 1. The number of nitrogens with one attached hydrogen (secondary N) is 8. The zero-order valence-corrected chi connectivity index (χ0v) is 58.8. The number of halogens is 15. The van der Waals surface area contributed by atoms with Gasteiger partial charge in [-0.1, -0.05) is 82.8 Å². The highest BCUT2D eigenvalue weighted by Gasteiger charge is 2.37. The monoisotopic (exact) mass is 1460 g/mol. The van der Waals surface area contributed by atoms with Gasteiger partial charge in [-0.15, -0.1) is 0 Å². The molecule has 9 rings (SSSR count). The van der Waals surface area contributed by atoms with Gasteiger partial charge in [-0.05, 0) is 160 Å². The SMILES string of the molecule is CNCCCNc1ccc(C)cc1C(F)(F)F.Cc1ccc(NCCN2CCCCC2)c(C(F)(F)F)c1.Cc1ccc(NCCN2CCN(C)CC2)c(C(F)(F)F)c1.Cc1ccc(NCCN2CCOCC2)c(C(F)(F)F)c1.Cc1ccc(NCCNC(=O)Nc2ccccc2)c(C(F)(F)F)c1. The van der Waals surface area contributed by atoms with Crippen LogP contribution in [0.5, 0.6) is 0 Å². The molecule has 29 heteroatoms. The molecule has 0 saturated carbocycles. The van der Waals surface area contributed by atoms with Crippen LogP contribution >= 0.6 is 0 Å². The minimum atomic E-state index is -4.42. The highest BCUT2D eigenvalue weighted by molar-refractivity contribution is 5.89. The average molecular weight is 1460 g/mol. The molecule has 0 radical (unpaired) electrons. The van der Waals surface area contributed by atoms with Crippen LogP contribution in [0.4, 0.5) is 105 Å². The second-order valence-electron chi connectivity index (χ2n) is 25.1. The topological polar surface area (TPSA) is 136 Å². The van der Waals surface area contributed by atoms with Gasteiger partial charge in [0.2, 0.25) is 0 Å². The highest BCUT2D eigenvalue weighted by atomic mass is 19.4. The minimum absolute atomic E-state index is 0.00151. The standard InChI is InChI=1S/C17H18F3N3O.C15H22F3N3.C15H21F3N2.C14H19F3N2O.C12H17F3N2/c1-12-7-8-15(14(11-12)17(18,19)20)21-9-10-22-16(24)23-13-5-3-2-4-6-13;1-12-3-4-14(13(11-12)15(16,17)18)19-5-6-21-9-7-20(2)8-10-21;1-12-5-6-14(13(11-12)15(16,17)18)19-7-10-20-8-3-2-4-9-20;1-11-2-3-13(12(10-11)14(15,16)17)18-4-5-19-6-8-20-9-7-19;1-9-4-5-11(17-7-3-6-16-2)10(8-9)12(13,14)15/h2-8,11,21H,9-10H2,1H3,(H2,22,23,24);3-4,11,19H,5-10H2,1-2H3;5-6,11,19H,2-4,7-10H2,1H3;2-3,10,18H,4-9H2,1H3;4-5,8,16-17H,3,6-7H2,1-2H3. The van der Waals surface area contributed by atoms with Crippen LogP contribution in [0.1, 0.15) is 81.3 Å². The number of rotatable bonds is 22. The lowest BCUT2D eigenvalue weighted by Gasteiger charge is -2.32.